The van der Waals surface area contributed by atoms with Crippen molar-refractivity contribution in [1.82, 2.24) is 0 Å². The summed E-state index contributed by atoms with van der Waals surface area (Å²) in [7, 11) is 0. The zero-order valence-corrected chi connectivity index (χ0v) is 36.2. The smallest absolute Gasteiger partial charge is 0.0159 e. The topological polar surface area (TPSA) is 0 Å². The van der Waals surface area contributed by atoms with Crippen molar-refractivity contribution >= 4 is 27.1 Å². The fraction of sp³-hybridized carbons (Fsp3) is 0.200. The van der Waals surface area contributed by atoms with E-state index in [1.807, 2.05) is 0 Å². The van der Waals surface area contributed by atoms with Gasteiger partial charge in [0.25, 0.3) is 0 Å². The molecule has 8 aromatic carbocycles. The van der Waals surface area contributed by atoms with Crippen LogP contribution in [-0.2, 0) is 16.2 Å². The highest BCUT2D eigenvalue weighted by molar-refractivity contribution is 6.10. The van der Waals surface area contributed by atoms with E-state index in [4.69, 9.17) is 0 Å². The largest absolute Gasteiger partial charge is 0.0842 e. The maximum atomic E-state index is 2.48. The highest BCUT2D eigenvalue weighted by atomic mass is 14.4. The molecule has 60 heavy (non-hydrogen) atoms. The highest BCUT2D eigenvalue weighted by Crippen LogP contribution is 2.53. The van der Waals surface area contributed by atoms with Gasteiger partial charge in [-0.25, -0.2) is 0 Å². The van der Waals surface area contributed by atoms with Crippen LogP contribution in [0.2, 0.25) is 0 Å². The van der Waals surface area contributed by atoms with E-state index in [2.05, 4.69) is 213 Å². The van der Waals surface area contributed by atoms with Gasteiger partial charge in [0.15, 0.2) is 0 Å². The van der Waals surface area contributed by atoms with E-state index in [9.17, 15) is 0 Å². The minimum absolute atomic E-state index is 0.000821. The van der Waals surface area contributed by atoms with Crippen molar-refractivity contribution in [2.45, 2.75) is 78.1 Å². The first kappa shape index (κ1) is 36.8. The van der Waals surface area contributed by atoms with Crippen molar-refractivity contribution in [3.63, 3.8) is 0 Å². The van der Waals surface area contributed by atoms with Crippen molar-refractivity contribution < 1.29 is 0 Å². The Morgan fingerprint density at radius 1 is 0.383 bits per heavy atom. The molecule has 0 unspecified atom stereocenters. The second-order valence-electron chi connectivity index (χ2n) is 19.2. The molecule has 292 valence electrons. The van der Waals surface area contributed by atoms with Crippen molar-refractivity contribution in [1.29, 1.82) is 0 Å². The molecule has 8 aromatic rings. The summed E-state index contributed by atoms with van der Waals surface area (Å²) in [5.74, 6) is 0. The first-order valence-corrected chi connectivity index (χ1v) is 21.9. The second kappa shape index (κ2) is 12.9. The van der Waals surface area contributed by atoms with Gasteiger partial charge in [0.2, 0.25) is 0 Å². The number of fused-ring (bicyclic) bond motifs is 10. The second-order valence-corrected chi connectivity index (χ2v) is 19.2. The third kappa shape index (κ3) is 5.23. The predicted octanol–water partition coefficient (Wildman–Crippen LogP) is 16.6. The summed E-state index contributed by atoms with van der Waals surface area (Å²) in [6.45, 7) is 18.8. The van der Waals surface area contributed by atoms with Gasteiger partial charge in [0.05, 0.1) is 0 Å². The predicted molar refractivity (Wildman–Crippen MR) is 258 cm³/mol. The number of rotatable bonds is 5. The molecule has 0 heterocycles. The summed E-state index contributed by atoms with van der Waals surface area (Å²) >= 11 is 0. The summed E-state index contributed by atoms with van der Waals surface area (Å²) in [5, 5.41) is 5.24. The summed E-state index contributed by atoms with van der Waals surface area (Å²) < 4.78 is 0. The molecule has 0 bridgehead atoms. The lowest BCUT2D eigenvalue weighted by atomic mass is 9.80. The molecular weight excluding hydrogens is 721 g/mol. The number of hydrogen-bond donors (Lipinski definition) is 0. The number of allylic oxidation sites excluding steroid dienone is 4. The van der Waals surface area contributed by atoms with Crippen LogP contribution in [0.15, 0.2) is 163 Å². The molecule has 0 atom stereocenters. The minimum atomic E-state index is -0.116. The molecule has 0 spiro atoms. The maximum Gasteiger partial charge on any atom is 0.0159 e. The average Bonchev–Trinajstić information content (AvgIpc) is 3.72. The van der Waals surface area contributed by atoms with Crippen LogP contribution >= 0.6 is 0 Å². The van der Waals surface area contributed by atoms with Crippen LogP contribution in [-0.4, -0.2) is 0 Å². The molecular formula is C60H52. The Hall–Kier alpha value is -6.24. The van der Waals surface area contributed by atoms with Gasteiger partial charge >= 0.3 is 0 Å². The van der Waals surface area contributed by atoms with E-state index in [0.29, 0.717) is 0 Å². The normalized spacial score (nSPS) is 16.3. The minimum Gasteiger partial charge on any atom is -0.0842 e. The lowest BCUT2D eigenvalue weighted by Crippen LogP contribution is -2.15. The Morgan fingerprint density at radius 2 is 0.817 bits per heavy atom. The summed E-state index contributed by atoms with van der Waals surface area (Å²) in [4.78, 5) is 0. The van der Waals surface area contributed by atoms with E-state index in [1.165, 1.54) is 122 Å². The molecule has 0 N–H and O–H groups in total. The van der Waals surface area contributed by atoms with Crippen LogP contribution in [0.5, 0.6) is 0 Å². The van der Waals surface area contributed by atoms with Crippen LogP contribution in [0.1, 0.15) is 95.2 Å². The standard InChI is InChI=1S/C60H52/c1-9-10-13-45-36(2)58(3,4)57-35-51-44(31-52(45)57)23-21-39-20-22-40(30-50(39)51)37-16-18-38(19-17-37)41-24-27-48-49-29-26-43(34-56(49)60(7,8)55(48)32-41)42-25-28-47-46-14-11-12-15-53(46)59(5,6)54(47)33-42/h10-35H,9H2,1-8H3/b13-10-. The summed E-state index contributed by atoms with van der Waals surface area (Å²) in [6, 6.07) is 56.0. The molecule has 0 saturated heterocycles. The Labute approximate surface area is 356 Å². The molecule has 0 nitrogen and oxygen atoms in total. The molecule has 0 aliphatic heterocycles. The van der Waals surface area contributed by atoms with Crippen LogP contribution < -0.4 is 0 Å². The Bertz CT molecular complexity index is 3190. The van der Waals surface area contributed by atoms with Gasteiger partial charge in [-0.3, -0.25) is 0 Å². The third-order valence-electron chi connectivity index (χ3n) is 14.9. The van der Waals surface area contributed by atoms with Gasteiger partial charge in [0.1, 0.15) is 0 Å². The Balaban J connectivity index is 0.900. The SMILES string of the molecule is CC/C=C\C1=C(C)C(C)(C)c2cc3c(ccc4ccc(-c5ccc(-c6ccc7c(c6)C(C)(C)c6cc(-c8ccc9c(c8)C(C)(C)c8ccccc8-9)ccc6-7)cc5)cc43)cc21. The molecule has 0 radical (unpaired) electrons. The van der Waals surface area contributed by atoms with Gasteiger partial charge in [-0.1, -0.05) is 175 Å². The van der Waals surface area contributed by atoms with Gasteiger partial charge in [0, 0.05) is 16.2 Å². The van der Waals surface area contributed by atoms with Gasteiger partial charge in [-0.15, -0.1) is 0 Å². The lowest BCUT2D eigenvalue weighted by molar-refractivity contribution is 0.640. The lowest BCUT2D eigenvalue weighted by Gasteiger charge is -2.23. The number of hydrogen-bond acceptors (Lipinski definition) is 0. The maximum absolute atomic E-state index is 2.48. The van der Waals surface area contributed by atoms with Crippen molar-refractivity contribution in [3.05, 3.63) is 197 Å². The van der Waals surface area contributed by atoms with E-state index in [1.54, 1.807) is 0 Å². The quantitative estimate of drug-likeness (QED) is 0.153. The fourth-order valence-electron chi connectivity index (χ4n) is 11.0. The van der Waals surface area contributed by atoms with E-state index in [0.717, 1.165) is 6.42 Å². The first-order chi connectivity index (χ1) is 28.9. The third-order valence-corrected chi connectivity index (χ3v) is 14.9. The Kier molecular flexibility index (Phi) is 7.90. The van der Waals surface area contributed by atoms with Crippen LogP contribution in [0, 0.1) is 0 Å². The van der Waals surface area contributed by atoms with E-state index in [-0.39, 0.29) is 16.2 Å². The van der Waals surface area contributed by atoms with Crippen molar-refractivity contribution in [3.8, 4) is 55.6 Å². The van der Waals surface area contributed by atoms with Crippen LogP contribution in [0.4, 0.5) is 0 Å². The van der Waals surface area contributed by atoms with Gasteiger partial charge < -0.3 is 0 Å². The van der Waals surface area contributed by atoms with E-state index >= 15 is 0 Å². The van der Waals surface area contributed by atoms with Crippen LogP contribution in [0.3, 0.4) is 0 Å². The summed E-state index contributed by atoms with van der Waals surface area (Å²) in [6.07, 6.45) is 5.68. The molecule has 0 saturated carbocycles. The molecule has 0 fully saturated rings. The van der Waals surface area contributed by atoms with Gasteiger partial charge in [-0.05, 0) is 166 Å². The monoisotopic (exact) mass is 772 g/mol. The highest BCUT2D eigenvalue weighted by Gasteiger charge is 2.38. The van der Waals surface area contributed by atoms with Gasteiger partial charge in [-0.2, -0.15) is 0 Å². The molecule has 3 aliphatic carbocycles. The van der Waals surface area contributed by atoms with Crippen molar-refractivity contribution in [2.24, 2.45) is 0 Å². The van der Waals surface area contributed by atoms with Crippen molar-refractivity contribution in [2.75, 3.05) is 0 Å². The fourth-order valence-corrected chi connectivity index (χ4v) is 11.0. The molecule has 3 aliphatic rings. The zero-order valence-electron chi connectivity index (χ0n) is 36.2. The van der Waals surface area contributed by atoms with Crippen LogP contribution in [0.25, 0.3) is 82.8 Å². The molecule has 11 rings (SSSR count). The van der Waals surface area contributed by atoms with E-state index < -0.39 is 0 Å². The average molecular weight is 773 g/mol. The zero-order chi connectivity index (χ0) is 41.3. The summed E-state index contributed by atoms with van der Waals surface area (Å²) in [5.41, 5.74) is 24.2. The molecule has 0 amide bonds. The molecule has 0 aromatic heterocycles. The molecule has 0 heteroatoms. The first-order valence-electron chi connectivity index (χ1n) is 21.9. The Morgan fingerprint density at radius 3 is 1.42 bits per heavy atom. The number of benzene rings is 8.